The monoisotopic (exact) mass is 285 g/mol. The summed E-state index contributed by atoms with van der Waals surface area (Å²) in [6, 6.07) is 3.97. The predicted octanol–water partition coefficient (Wildman–Crippen LogP) is 3.16. The fraction of sp³-hybridized carbons (Fsp3) is 0.500. The van der Waals surface area contributed by atoms with Gasteiger partial charge in [0, 0.05) is 17.1 Å². The van der Waals surface area contributed by atoms with Gasteiger partial charge in [-0.1, -0.05) is 24.6 Å². The second kappa shape index (κ2) is 5.88. The van der Waals surface area contributed by atoms with Gasteiger partial charge in [-0.25, -0.2) is 4.39 Å². The molecule has 2 atom stereocenters. The molecule has 1 fully saturated rings. The van der Waals surface area contributed by atoms with Crippen molar-refractivity contribution in [3.05, 3.63) is 34.6 Å². The second-order valence-corrected chi connectivity index (χ2v) is 5.55. The molecule has 5 heteroatoms. The molecule has 0 amide bonds. The molecule has 19 heavy (non-hydrogen) atoms. The molecule has 1 aromatic carbocycles. The second-order valence-electron chi connectivity index (χ2n) is 5.11. The van der Waals surface area contributed by atoms with Gasteiger partial charge in [-0.2, -0.15) is 0 Å². The van der Waals surface area contributed by atoms with E-state index in [2.05, 4.69) is 0 Å². The molecule has 2 unspecified atom stereocenters. The summed E-state index contributed by atoms with van der Waals surface area (Å²) in [5, 5.41) is 9.66. The molecule has 1 aliphatic heterocycles. The Morgan fingerprint density at radius 2 is 2.32 bits per heavy atom. The maximum atomic E-state index is 13.8. The molecule has 1 heterocycles. The topological polar surface area (TPSA) is 40.5 Å². The Morgan fingerprint density at radius 3 is 2.95 bits per heavy atom. The molecular weight excluding hydrogens is 269 g/mol. The van der Waals surface area contributed by atoms with Gasteiger partial charge in [-0.05, 0) is 37.4 Å². The maximum absolute atomic E-state index is 13.8. The molecule has 1 saturated heterocycles. The minimum absolute atomic E-state index is 0.0848. The lowest BCUT2D eigenvalue weighted by atomic mass is 9.90. The quantitative estimate of drug-likeness (QED) is 0.927. The Labute approximate surface area is 117 Å². The maximum Gasteiger partial charge on any atom is 0.321 e. The molecule has 1 aliphatic rings. The van der Waals surface area contributed by atoms with E-state index in [-0.39, 0.29) is 11.7 Å². The minimum atomic E-state index is -0.832. The zero-order valence-corrected chi connectivity index (χ0v) is 11.5. The average Bonchev–Trinajstić information content (AvgIpc) is 2.32. The van der Waals surface area contributed by atoms with Crippen LogP contribution in [0.15, 0.2) is 18.2 Å². The Hall–Kier alpha value is -1.13. The molecule has 0 aliphatic carbocycles. The average molecular weight is 286 g/mol. The summed E-state index contributed by atoms with van der Waals surface area (Å²) in [5.41, 5.74) is 0.491. The van der Waals surface area contributed by atoms with Crippen LogP contribution < -0.4 is 0 Å². The van der Waals surface area contributed by atoms with Gasteiger partial charge < -0.3 is 5.11 Å². The van der Waals surface area contributed by atoms with E-state index in [1.54, 1.807) is 12.1 Å². The highest BCUT2D eigenvalue weighted by molar-refractivity contribution is 6.30. The van der Waals surface area contributed by atoms with Gasteiger partial charge in [-0.15, -0.1) is 0 Å². The van der Waals surface area contributed by atoms with Gasteiger partial charge in [0.2, 0.25) is 0 Å². The standard InChI is InChI=1S/C14H17ClFNO2/c1-9-3-2-6-17(13(9)14(18)19)8-10-4-5-11(15)7-12(10)16/h4-5,7,9,13H,2-3,6,8H2,1H3,(H,18,19). The van der Waals surface area contributed by atoms with Crippen LogP contribution in [0.1, 0.15) is 25.3 Å². The van der Waals surface area contributed by atoms with E-state index < -0.39 is 12.0 Å². The largest absolute Gasteiger partial charge is 0.480 e. The normalized spacial score (nSPS) is 24.4. The lowest BCUT2D eigenvalue weighted by Crippen LogP contribution is -2.48. The van der Waals surface area contributed by atoms with Gasteiger partial charge in [0.1, 0.15) is 11.9 Å². The van der Waals surface area contributed by atoms with E-state index in [0.717, 1.165) is 12.8 Å². The number of nitrogens with zero attached hydrogens (tertiary/aromatic N) is 1. The number of hydrogen-bond donors (Lipinski definition) is 1. The summed E-state index contributed by atoms with van der Waals surface area (Å²) in [7, 11) is 0. The molecule has 0 bridgehead atoms. The number of carboxylic acids is 1. The van der Waals surface area contributed by atoms with Crippen molar-refractivity contribution in [3.8, 4) is 0 Å². The van der Waals surface area contributed by atoms with Crippen LogP contribution in [0.4, 0.5) is 4.39 Å². The summed E-state index contributed by atoms with van der Waals surface area (Å²) >= 11 is 5.71. The van der Waals surface area contributed by atoms with E-state index in [0.29, 0.717) is 23.7 Å². The highest BCUT2D eigenvalue weighted by Crippen LogP contribution is 2.26. The number of aliphatic carboxylic acids is 1. The third-order valence-electron chi connectivity index (χ3n) is 3.68. The Morgan fingerprint density at radius 1 is 1.58 bits per heavy atom. The van der Waals surface area contributed by atoms with Crippen molar-refractivity contribution in [1.29, 1.82) is 0 Å². The number of piperidine rings is 1. The van der Waals surface area contributed by atoms with Crippen molar-refractivity contribution in [2.45, 2.75) is 32.4 Å². The predicted molar refractivity (Wildman–Crippen MR) is 71.6 cm³/mol. The first kappa shape index (κ1) is 14.3. The van der Waals surface area contributed by atoms with Crippen LogP contribution in [-0.2, 0) is 11.3 Å². The summed E-state index contributed by atoms with van der Waals surface area (Å²) in [6.07, 6.45) is 1.84. The fourth-order valence-corrected chi connectivity index (χ4v) is 2.88. The third-order valence-corrected chi connectivity index (χ3v) is 3.91. The van der Waals surface area contributed by atoms with Crippen molar-refractivity contribution in [3.63, 3.8) is 0 Å². The zero-order valence-electron chi connectivity index (χ0n) is 10.8. The summed E-state index contributed by atoms with van der Waals surface area (Å²) in [4.78, 5) is 13.2. The van der Waals surface area contributed by atoms with Crippen LogP contribution in [0.25, 0.3) is 0 Å². The molecule has 0 aromatic heterocycles. The smallest absolute Gasteiger partial charge is 0.321 e. The van der Waals surface area contributed by atoms with Gasteiger partial charge in [0.15, 0.2) is 0 Å². The molecule has 3 nitrogen and oxygen atoms in total. The van der Waals surface area contributed by atoms with Gasteiger partial charge in [-0.3, -0.25) is 9.69 Å². The van der Waals surface area contributed by atoms with E-state index >= 15 is 0 Å². The van der Waals surface area contributed by atoms with Crippen LogP contribution in [0.3, 0.4) is 0 Å². The molecule has 1 N–H and O–H groups in total. The van der Waals surface area contributed by atoms with Gasteiger partial charge in [0.05, 0.1) is 0 Å². The highest BCUT2D eigenvalue weighted by atomic mass is 35.5. The highest BCUT2D eigenvalue weighted by Gasteiger charge is 2.34. The lowest BCUT2D eigenvalue weighted by molar-refractivity contribution is -0.147. The number of hydrogen-bond acceptors (Lipinski definition) is 2. The zero-order chi connectivity index (χ0) is 14.0. The number of likely N-dealkylation sites (tertiary alicyclic amines) is 1. The first-order valence-electron chi connectivity index (χ1n) is 6.40. The number of halogens is 2. The van der Waals surface area contributed by atoms with Crippen molar-refractivity contribution in [1.82, 2.24) is 4.90 Å². The SMILES string of the molecule is CC1CCCN(Cc2ccc(Cl)cc2F)C1C(=O)O. The van der Waals surface area contributed by atoms with Gasteiger partial charge >= 0.3 is 5.97 Å². The molecule has 2 rings (SSSR count). The van der Waals surface area contributed by atoms with E-state index in [1.807, 2.05) is 11.8 Å². The van der Waals surface area contributed by atoms with Crippen molar-refractivity contribution in [2.75, 3.05) is 6.54 Å². The Kier molecular flexibility index (Phi) is 4.42. The van der Waals surface area contributed by atoms with E-state index in [4.69, 9.17) is 11.6 Å². The third kappa shape index (κ3) is 3.25. The van der Waals surface area contributed by atoms with Crippen LogP contribution in [-0.4, -0.2) is 28.6 Å². The molecular formula is C14H17ClFNO2. The van der Waals surface area contributed by atoms with Gasteiger partial charge in [0.25, 0.3) is 0 Å². The van der Waals surface area contributed by atoms with Crippen molar-refractivity contribution < 1.29 is 14.3 Å². The number of rotatable bonds is 3. The van der Waals surface area contributed by atoms with E-state index in [1.165, 1.54) is 6.07 Å². The Bertz CT molecular complexity index is 481. The minimum Gasteiger partial charge on any atom is -0.480 e. The number of carbonyl (C=O) groups is 1. The lowest BCUT2D eigenvalue weighted by Gasteiger charge is -2.37. The first-order chi connectivity index (χ1) is 8.99. The number of benzene rings is 1. The van der Waals surface area contributed by atoms with Crippen molar-refractivity contribution in [2.24, 2.45) is 5.92 Å². The summed E-state index contributed by atoms with van der Waals surface area (Å²) < 4.78 is 13.8. The summed E-state index contributed by atoms with van der Waals surface area (Å²) in [5.74, 6) is -1.13. The molecule has 0 saturated carbocycles. The van der Waals surface area contributed by atoms with Crippen LogP contribution in [0, 0.1) is 11.7 Å². The molecule has 0 radical (unpaired) electrons. The van der Waals surface area contributed by atoms with Crippen LogP contribution in [0.5, 0.6) is 0 Å². The first-order valence-corrected chi connectivity index (χ1v) is 6.77. The number of carboxylic acid groups (broad SMARTS) is 1. The van der Waals surface area contributed by atoms with Crippen molar-refractivity contribution >= 4 is 17.6 Å². The van der Waals surface area contributed by atoms with E-state index in [9.17, 15) is 14.3 Å². The molecule has 0 spiro atoms. The van der Waals surface area contributed by atoms with Crippen LogP contribution >= 0.6 is 11.6 Å². The molecule has 1 aromatic rings. The molecule has 104 valence electrons. The Balaban J connectivity index is 2.18. The fourth-order valence-electron chi connectivity index (χ4n) is 2.72. The summed E-state index contributed by atoms with van der Waals surface area (Å²) in [6.45, 7) is 2.93. The van der Waals surface area contributed by atoms with Crippen LogP contribution in [0.2, 0.25) is 5.02 Å².